The standard InChI is InChI=1S/C22H40O4/c1-6-22(24-5)26-16-10-8-7-9-14-21(18-23)25-17-15-20(4)13-11-12-19(2)3/h7-8,12,18,20-22H,6,9-11,13-17H2,1-5H3/b8-7+. The van der Waals surface area contributed by atoms with Crippen LogP contribution in [0.5, 0.6) is 0 Å². The molecule has 0 spiro atoms. The van der Waals surface area contributed by atoms with Gasteiger partial charge in [0.15, 0.2) is 6.29 Å². The summed E-state index contributed by atoms with van der Waals surface area (Å²) in [6.45, 7) is 9.85. The van der Waals surface area contributed by atoms with Crippen LogP contribution in [-0.4, -0.2) is 39.0 Å². The maximum atomic E-state index is 11.1. The van der Waals surface area contributed by atoms with E-state index >= 15 is 0 Å². The lowest BCUT2D eigenvalue weighted by atomic mass is 10.0. The van der Waals surface area contributed by atoms with Crippen LogP contribution < -0.4 is 0 Å². The van der Waals surface area contributed by atoms with Crippen molar-refractivity contribution in [3.8, 4) is 0 Å². The third-order valence-electron chi connectivity index (χ3n) is 4.28. The number of hydrogen-bond donors (Lipinski definition) is 0. The highest BCUT2D eigenvalue weighted by molar-refractivity contribution is 5.55. The average molecular weight is 369 g/mol. The number of rotatable bonds is 17. The van der Waals surface area contributed by atoms with Crippen molar-refractivity contribution in [1.29, 1.82) is 0 Å². The first-order valence-corrected chi connectivity index (χ1v) is 10.0. The van der Waals surface area contributed by atoms with Crippen LogP contribution in [-0.2, 0) is 19.0 Å². The van der Waals surface area contributed by atoms with Gasteiger partial charge in [0, 0.05) is 13.7 Å². The zero-order chi connectivity index (χ0) is 19.6. The van der Waals surface area contributed by atoms with Gasteiger partial charge in [0.25, 0.3) is 0 Å². The van der Waals surface area contributed by atoms with Crippen LogP contribution in [0, 0.1) is 5.92 Å². The van der Waals surface area contributed by atoms with E-state index in [0.717, 1.165) is 44.8 Å². The summed E-state index contributed by atoms with van der Waals surface area (Å²) in [5.41, 5.74) is 1.37. The predicted octanol–water partition coefficient (Wildman–Crippen LogP) is 5.47. The Morgan fingerprint density at radius 2 is 1.69 bits per heavy atom. The Balaban J connectivity index is 3.74. The van der Waals surface area contributed by atoms with Gasteiger partial charge in [-0.15, -0.1) is 0 Å². The molecule has 0 aromatic rings. The average Bonchev–Trinajstić information content (AvgIpc) is 2.62. The molecule has 0 aliphatic rings. The summed E-state index contributed by atoms with van der Waals surface area (Å²) in [5, 5.41) is 0. The molecule has 3 unspecified atom stereocenters. The molecule has 26 heavy (non-hydrogen) atoms. The molecule has 0 aliphatic carbocycles. The molecule has 0 radical (unpaired) electrons. The van der Waals surface area contributed by atoms with Crippen LogP contribution in [0.4, 0.5) is 0 Å². The molecule has 0 saturated heterocycles. The molecule has 3 atom stereocenters. The van der Waals surface area contributed by atoms with Gasteiger partial charge >= 0.3 is 0 Å². The Bertz CT molecular complexity index is 382. The van der Waals surface area contributed by atoms with Crippen molar-refractivity contribution in [1.82, 2.24) is 0 Å². The SMILES string of the molecule is CCC(OC)OCC/C=C/CCC(C=O)OCCC(C)CCC=C(C)C. The minimum absolute atomic E-state index is 0.111. The van der Waals surface area contributed by atoms with Gasteiger partial charge in [-0.1, -0.05) is 37.6 Å². The number of carbonyl (C=O) groups is 1. The van der Waals surface area contributed by atoms with Crippen LogP contribution in [0.2, 0.25) is 0 Å². The van der Waals surface area contributed by atoms with Crippen molar-refractivity contribution in [3.63, 3.8) is 0 Å². The maximum absolute atomic E-state index is 11.1. The second-order valence-corrected chi connectivity index (χ2v) is 7.08. The number of methoxy groups -OCH3 is 1. The van der Waals surface area contributed by atoms with Crippen LogP contribution >= 0.6 is 0 Å². The highest BCUT2D eigenvalue weighted by atomic mass is 16.7. The van der Waals surface area contributed by atoms with Crippen LogP contribution in [0.1, 0.15) is 72.6 Å². The largest absolute Gasteiger partial charge is 0.371 e. The molecule has 0 aromatic heterocycles. The highest BCUT2D eigenvalue weighted by Crippen LogP contribution is 2.13. The van der Waals surface area contributed by atoms with Crippen molar-refractivity contribution in [3.05, 3.63) is 23.8 Å². The monoisotopic (exact) mass is 368 g/mol. The summed E-state index contributed by atoms with van der Waals surface area (Å²) in [6, 6.07) is 0. The van der Waals surface area contributed by atoms with Crippen LogP contribution in [0.15, 0.2) is 23.8 Å². The Labute approximate surface area is 161 Å². The first-order chi connectivity index (χ1) is 12.5. The first kappa shape index (κ1) is 25.0. The van der Waals surface area contributed by atoms with Gasteiger partial charge in [0.05, 0.1) is 6.61 Å². The fraction of sp³-hybridized carbons (Fsp3) is 0.773. The number of aldehydes is 1. The quantitative estimate of drug-likeness (QED) is 0.148. The van der Waals surface area contributed by atoms with E-state index in [0.29, 0.717) is 19.1 Å². The minimum Gasteiger partial charge on any atom is -0.371 e. The first-order valence-electron chi connectivity index (χ1n) is 10.0. The van der Waals surface area contributed by atoms with Crippen molar-refractivity contribution in [2.45, 2.75) is 85.0 Å². The smallest absolute Gasteiger partial charge is 0.156 e. The van der Waals surface area contributed by atoms with Crippen molar-refractivity contribution in [2.75, 3.05) is 20.3 Å². The fourth-order valence-electron chi connectivity index (χ4n) is 2.53. The molecular weight excluding hydrogens is 328 g/mol. The van der Waals surface area contributed by atoms with E-state index in [1.807, 2.05) is 6.92 Å². The molecule has 4 heteroatoms. The minimum atomic E-state index is -0.293. The summed E-state index contributed by atoms with van der Waals surface area (Å²) in [5.74, 6) is 0.622. The van der Waals surface area contributed by atoms with Crippen molar-refractivity contribution in [2.24, 2.45) is 5.92 Å². The molecule has 0 N–H and O–H groups in total. The normalized spacial score (nSPS) is 15.0. The molecule has 0 aromatic carbocycles. The molecule has 152 valence electrons. The number of hydrogen-bond acceptors (Lipinski definition) is 4. The van der Waals surface area contributed by atoms with Gasteiger partial charge in [-0.2, -0.15) is 0 Å². The molecule has 0 rings (SSSR count). The Morgan fingerprint density at radius 1 is 0.962 bits per heavy atom. The lowest BCUT2D eigenvalue weighted by molar-refractivity contribution is -0.123. The van der Waals surface area contributed by atoms with Gasteiger partial charge in [-0.05, 0) is 64.7 Å². The van der Waals surface area contributed by atoms with Crippen LogP contribution in [0.25, 0.3) is 0 Å². The molecule has 0 aliphatic heterocycles. The van der Waals surface area contributed by atoms with Gasteiger partial charge in [0.1, 0.15) is 12.4 Å². The number of ether oxygens (including phenoxy) is 3. The summed E-state index contributed by atoms with van der Waals surface area (Å²) in [4.78, 5) is 11.1. The lowest BCUT2D eigenvalue weighted by Crippen LogP contribution is -2.16. The zero-order valence-electron chi connectivity index (χ0n) is 17.5. The van der Waals surface area contributed by atoms with Crippen LogP contribution in [0.3, 0.4) is 0 Å². The molecule has 0 amide bonds. The Kier molecular flexibility index (Phi) is 16.8. The van der Waals surface area contributed by atoms with Gasteiger partial charge in [-0.3, -0.25) is 0 Å². The molecular formula is C22H40O4. The topological polar surface area (TPSA) is 44.8 Å². The number of carbonyl (C=O) groups excluding carboxylic acids is 1. The zero-order valence-corrected chi connectivity index (χ0v) is 17.5. The Morgan fingerprint density at radius 3 is 2.31 bits per heavy atom. The van der Waals surface area contributed by atoms with Crippen molar-refractivity contribution < 1.29 is 19.0 Å². The van der Waals surface area contributed by atoms with E-state index in [2.05, 4.69) is 39.0 Å². The molecule has 4 nitrogen and oxygen atoms in total. The van der Waals surface area contributed by atoms with E-state index in [9.17, 15) is 4.79 Å². The molecule has 0 bridgehead atoms. The third kappa shape index (κ3) is 15.3. The lowest BCUT2D eigenvalue weighted by Gasteiger charge is -2.14. The molecule has 0 saturated carbocycles. The van der Waals surface area contributed by atoms with E-state index < -0.39 is 0 Å². The van der Waals surface area contributed by atoms with E-state index in [-0.39, 0.29) is 12.4 Å². The second kappa shape index (κ2) is 17.4. The predicted molar refractivity (Wildman–Crippen MR) is 108 cm³/mol. The van der Waals surface area contributed by atoms with Gasteiger partial charge < -0.3 is 19.0 Å². The van der Waals surface area contributed by atoms with E-state index in [1.165, 1.54) is 12.0 Å². The summed E-state index contributed by atoms with van der Waals surface area (Å²) < 4.78 is 16.4. The van der Waals surface area contributed by atoms with E-state index in [4.69, 9.17) is 14.2 Å². The van der Waals surface area contributed by atoms with Gasteiger partial charge in [0.2, 0.25) is 0 Å². The maximum Gasteiger partial charge on any atom is 0.156 e. The summed E-state index contributed by atoms with van der Waals surface area (Å²) in [6.07, 6.45) is 13.6. The molecule has 0 heterocycles. The van der Waals surface area contributed by atoms with Crippen molar-refractivity contribution >= 4 is 6.29 Å². The summed E-state index contributed by atoms with van der Waals surface area (Å²) >= 11 is 0. The summed E-state index contributed by atoms with van der Waals surface area (Å²) in [7, 11) is 1.66. The Hall–Kier alpha value is -0.970. The fourth-order valence-corrected chi connectivity index (χ4v) is 2.53. The third-order valence-corrected chi connectivity index (χ3v) is 4.28. The molecule has 0 fully saturated rings. The number of allylic oxidation sites excluding steroid dienone is 3. The second-order valence-electron chi connectivity index (χ2n) is 7.08. The van der Waals surface area contributed by atoms with Gasteiger partial charge in [-0.25, -0.2) is 0 Å². The highest BCUT2D eigenvalue weighted by Gasteiger charge is 2.08. The van der Waals surface area contributed by atoms with E-state index in [1.54, 1.807) is 7.11 Å².